The number of amides is 1. The normalized spacial score (nSPS) is 15.6. The SMILES string of the molecule is CCOC(=O)c1c(NC(=O)COC(=O)C2CCN(S(C)(=O)=O)CC2)sc(C)c1CC. The second kappa shape index (κ2) is 10.4. The number of aryl methyl sites for hydroxylation is 1. The first-order chi connectivity index (χ1) is 14.1. The van der Waals surface area contributed by atoms with Crippen LogP contribution in [0.25, 0.3) is 0 Å². The monoisotopic (exact) mass is 460 g/mol. The summed E-state index contributed by atoms with van der Waals surface area (Å²) < 4.78 is 34.6. The quantitative estimate of drug-likeness (QED) is 0.589. The molecule has 1 fully saturated rings. The molecule has 0 aliphatic carbocycles. The Morgan fingerprint density at radius 1 is 1.17 bits per heavy atom. The second-order valence-electron chi connectivity index (χ2n) is 7.01. The molecule has 0 saturated carbocycles. The van der Waals surface area contributed by atoms with Gasteiger partial charge in [-0.05, 0) is 38.7 Å². The van der Waals surface area contributed by atoms with Crippen LogP contribution < -0.4 is 5.32 Å². The zero-order valence-corrected chi connectivity index (χ0v) is 19.3. The van der Waals surface area contributed by atoms with Crippen molar-refractivity contribution in [3.05, 3.63) is 16.0 Å². The Bertz CT molecular complexity index is 900. The molecule has 11 heteroatoms. The number of carbonyl (C=O) groups is 3. The fourth-order valence-corrected chi connectivity index (χ4v) is 5.38. The molecule has 9 nitrogen and oxygen atoms in total. The maximum atomic E-state index is 12.3. The number of nitrogens with zero attached hydrogens (tertiary/aromatic N) is 1. The van der Waals surface area contributed by atoms with E-state index in [4.69, 9.17) is 9.47 Å². The van der Waals surface area contributed by atoms with E-state index < -0.39 is 40.4 Å². The van der Waals surface area contributed by atoms with Gasteiger partial charge in [0.05, 0.1) is 24.3 Å². The number of piperidine rings is 1. The van der Waals surface area contributed by atoms with Crippen LogP contribution in [0.3, 0.4) is 0 Å². The van der Waals surface area contributed by atoms with Crippen molar-refractivity contribution < 1.29 is 32.3 Å². The van der Waals surface area contributed by atoms with E-state index >= 15 is 0 Å². The minimum Gasteiger partial charge on any atom is -0.462 e. The van der Waals surface area contributed by atoms with E-state index in [1.807, 2.05) is 13.8 Å². The van der Waals surface area contributed by atoms with Gasteiger partial charge in [-0.15, -0.1) is 11.3 Å². The molecule has 1 aromatic rings. The van der Waals surface area contributed by atoms with Crippen molar-refractivity contribution in [2.24, 2.45) is 5.92 Å². The number of carbonyl (C=O) groups excluding carboxylic acids is 3. The Balaban J connectivity index is 1.94. The van der Waals surface area contributed by atoms with Gasteiger partial charge < -0.3 is 14.8 Å². The maximum Gasteiger partial charge on any atom is 0.341 e. The highest BCUT2D eigenvalue weighted by atomic mass is 32.2. The van der Waals surface area contributed by atoms with Gasteiger partial charge in [-0.25, -0.2) is 17.5 Å². The van der Waals surface area contributed by atoms with Crippen molar-refractivity contribution in [1.29, 1.82) is 0 Å². The third-order valence-corrected chi connectivity index (χ3v) is 7.26. The topological polar surface area (TPSA) is 119 Å². The molecule has 168 valence electrons. The van der Waals surface area contributed by atoms with Gasteiger partial charge in [-0.2, -0.15) is 0 Å². The van der Waals surface area contributed by atoms with Gasteiger partial charge in [-0.1, -0.05) is 6.92 Å². The molecule has 2 heterocycles. The zero-order valence-electron chi connectivity index (χ0n) is 17.6. The Labute approximate surface area is 180 Å². The first kappa shape index (κ1) is 24.3. The van der Waals surface area contributed by atoms with Gasteiger partial charge in [0.25, 0.3) is 5.91 Å². The van der Waals surface area contributed by atoms with Crippen LogP contribution in [0.4, 0.5) is 5.00 Å². The molecule has 30 heavy (non-hydrogen) atoms. The van der Waals surface area contributed by atoms with E-state index in [0.717, 1.165) is 16.7 Å². The predicted octanol–water partition coefficient (Wildman–Crippen LogP) is 1.95. The number of anilines is 1. The average molecular weight is 461 g/mol. The highest BCUT2D eigenvalue weighted by Gasteiger charge is 2.30. The van der Waals surface area contributed by atoms with Gasteiger partial charge in [0.1, 0.15) is 5.00 Å². The number of hydrogen-bond acceptors (Lipinski definition) is 8. The standard InChI is InChI=1S/C19H28N2O7S2/c1-5-14-12(3)29-17(16(14)19(24)27-6-2)20-15(22)11-28-18(23)13-7-9-21(10-8-13)30(4,25)26/h13H,5-11H2,1-4H3,(H,20,22). The predicted molar refractivity (Wildman–Crippen MR) is 113 cm³/mol. The minimum atomic E-state index is -3.27. The second-order valence-corrected chi connectivity index (χ2v) is 10.2. The molecule has 0 spiro atoms. The lowest BCUT2D eigenvalue weighted by atomic mass is 9.98. The molecule has 1 aliphatic heterocycles. The molecule has 1 aromatic heterocycles. The Morgan fingerprint density at radius 3 is 2.33 bits per heavy atom. The molecule has 2 rings (SSSR count). The van der Waals surface area contributed by atoms with Crippen LogP contribution in [0.1, 0.15) is 47.5 Å². The molecule has 1 aliphatic rings. The Hall–Kier alpha value is -1.98. The largest absolute Gasteiger partial charge is 0.462 e. The lowest BCUT2D eigenvalue weighted by molar-refractivity contribution is -0.152. The summed E-state index contributed by atoms with van der Waals surface area (Å²) in [6.07, 6.45) is 2.46. The number of ether oxygens (including phenoxy) is 2. The first-order valence-electron chi connectivity index (χ1n) is 9.79. The van der Waals surface area contributed by atoms with Crippen LogP contribution in [0, 0.1) is 12.8 Å². The molecule has 0 radical (unpaired) electrons. The minimum absolute atomic E-state index is 0.222. The molecule has 0 atom stereocenters. The van der Waals surface area contributed by atoms with Crippen LogP contribution in [-0.4, -0.2) is 63.1 Å². The zero-order chi connectivity index (χ0) is 22.5. The highest BCUT2D eigenvalue weighted by Crippen LogP contribution is 2.34. The summed E-state index contributed by atoms with van der Waals surface area (Å²) in [5.41, 5.74) is 1.16. The summed E-state index contributed by atoms with van der Waals surface area (Å²) in [6.45, 7) is 5.74. The van der Waals surface area contributed by atoms with Crippen LogP contribution in [0.15, 0.2) is 0 Å². The fraction of sp³-hybridized carbons (Fsp3) is 0.632. The Kier molecular flexibility index (Phi) is 8.39. The number of sulfonamides is 1. The summed E-state index contributed by atoms with van der Waals surface area (Å²) in [4.78, 5) is 37.8. The molecule has 1 amide bonds. The lowest BCUT2D eigenvalue weighted by Gasteiger charge is -2.28. The summed E-state index contributed by atoms with van der Waals surface area (Å²) in [5.74, 6) is -2.02. The number of hydrogen-bond donors (Lipinski definition) is 1. The number of esters is 2. The molecular weight excluding hydrogens is 432 g/mol. The molecule has 1 N–H and O–H groups in total. The Morgan fingerprint density at radius 2 is 1.80 bits per heavy atom. The van der Waals surface area contributed by atoms with Gasteiger partial charge in [0.2, 0.25) is 10.0 Å². The third kappa shape index (κ3) is 6.02. The maximum absolute atomic E-state index is 12.3. The molecule has 0 aromatic carbocycles. The third-order valence-electron chi connectivity index (χ3n) is 4.90. The molecule has 1 saturated heterocycles. The van der Waals surface area contributed by atoms with Crippen LogP contribution in [0.2, 0.25) is 0 Å². The first-order valence-corrected chi connectivity index (χ1v) is 12.5. The number of thiophene rings is 1. The lowest BCUT2D eigenvalue weighted by Crippen LogP contribution is -2.40. The van der Waals surface area contributed by atoms with E-state index in [-0.39, 0.29) is 19.7 Å². The van der Waals surface area contributed by atoms with Crippen molar-refractivity contribution in [2.75, 3.05) is 37.9 Å². The van der Waals surface area contributed by atoms with Crippen LogP contribution in [0.5, 0.6) is 0 Å². The molecular formula is C19H28N2O7S2. The van der Waals surface area contributed by atoms with E-state index in [9.17, 15) is 22.8 Å². The van der Waals surface area contributed by atoms with E-state index in [0.29, 0.717) is 29.8 Å². The highest BCUT2D eigenvalue weighted by molar-refractivity contribution is 7.88. The van der Waals surface area contributed by atoms with Crippen LogP contribution >= 0.6 is 11.3 Å². The van der Waals surface area contributed by atoms with Gasteiger partial charge >= 0.3 is 11.9 Å². The average Bonchev–Trinajstić information content (AvgIpc) is 3.00. The van der Waals surface area contributed by atoms with E-state index in [1.165, 1.54) is 15.6 Å². The van der Waals surface area contributed by atoms with Gasteiger partial charge in [0.15, 0.2) is 6.61 Å². The number of rotatable bonds is 8. The summed E-state index contributed by atoms with van der Waals surface area (Å²) in [6, 6.07) is 0. The summed E-state index contributed by atoms with van der Waals surface area (Å²) in [5, 5.41) is 3.02. The van der Waals surface area contributed by atoms with Gasteiger partial charge in [0, 0.05) is 18.0 Å². The van der Waals surface area contributed by atoms with Crippen molar-refractivity contribution in [3.8, 4) is 0 Å². The summed E-state index contributed by atoms with van der Waals surface area (Å²) in [7, 11) is -3.27. The van der Waals surface area contributed by atoms with Gasteiger partial charge in [-0.3, -0.25) is 9.59 Å². The van der Waals surface area contributed by atoms with E-state index in [1.54, 1.807) is 6.92 Å². The molecule has 0 unspecified atom stereocenters. The molecule has 0 bridgehead atoms. The van der Waals surface area contributed by atoms with Crippen molar-refractivity contribution in [1.82, 2.24) is 4.31 Å². The van der Waals surface area contributed by atoms with Crippen molar-refractivity contribution >= 4 is 44.2 Å². The smallest absolute Gasteiger partial charge is 0.341 e. The fourth-order valence-electron chi connectivity index (χ4n) is 3.35. The van der Waals surface area contributed by atoms with Crippen LogP contribution in [-0.2, 0) is 35.5 Å². The van der Waals surface area contributed by atoms with Crippen molar-refractivity contribution in [3.63, 3.8) is 0 Å². The summed E-state index contributed by atoms with van der Waals surface area (Å²) >= 11 is 1.28. The number of nitrogens with one attached hydrogen (secondary N) is 1. The van der Waals surface area contributed by atoms with Crippen molar-refractivity contribution in [2.45, 2.75) is 40.0 Å². The van der Waals surface area contributed by atoms with E-state index in [2.05, 4.69) is 5.32 Å².